The summed E-state index contributed by atoms with van der Waals surface area (Å²) in [5, 5.41) is 0.919. The number of fused-ring (bicyclic) bond motifs is 5. The number of ether oxygens (including phenoxy) is 2. The number of methoxy groups -OCH3 is 1. The number of halogens is 1. The fraction of sp³-hybridized carbons (Fsp3) is 0.422. The van der Waals surface area contributed by atoms with Gasteiger partial charge in [0.05, 0.1) is 47.1 Å². The van der Waals surface area contributed by atoms with E-state index in [1.165, 1.54) is 6.07 Å². The Hall–Kier alpha value is -5.29. The zero-order valence-electron chi connectivity index (χ0n) is 34.1. The Morgan fingerprint density at radius 2 is 1.80 bits per heavy atom. The van der Waals surface area contributed by atoms with Crippen molar-refractivity contribution in [2.24, 2.45) is 10.9 Å². The van der Waals surface area contributed by atoms with E-state index < -0.39 is 18.1 Å². The zero-order chi connectivity index (χ0) is 40.1. The van der Waals surface area contributed by atoms with E-state index in [9.17, 15) is 4.79 Å². The van der Waals surface area contributed by atoms with Gasteiger partial charge in [0.2, 0.25) is 6.23 Å². The van der Waals surface area contributed by atoms with Gasteiger partial charge in [-0.15, -0.1) is 0 Å². The van der Waals surface area contributed by atoms with Gasteiger partial charge in [-0.25, -0.2) is 14.4 Å². The molecule has 56 heavy (non-hydrogen) atoms. The van der Waals surface area contributed by atoms with E-state index in [1.54, 1.807) is 19.5 Å². The molecule has 0 saturated heterocycles. The first-order valence-corrected chi connectivity index (χ1v) is 19.9. The van der Waals surface area contributed by atoms with E-state index in [0.717, 1.165) is 77.5 Å². The van der Waals surface area contributed by atoms with Crippen molar-refractivity contribution >= 4 is 28.1 Å². The molecule has 0 aliphatic carbocycles. The predicted molar refractivity (Wildman–Crippen MR) is 224 cm³/mol. The standard InChI is InChI=1S/C45H56FN7O3/c1-10-13-15-28(6)43-49-25-36(51-43)32-20-34(46)41-38-21-33-19-31(16-17-37(33)53(38)45(56-39(41)22-32)29(7)23-47-30(8)12-3)35-24-48-40(50-35)26-52(18-14-11-2)44(54)42(55-9)27(4)5/h16-17,19-25,27,42,45H,6,10-15,18,26H2,1-5,7-9H3,(H,48,50)(H,49,51)/b29-23+,47-30?. The molecular formula is C45H56FN7O3. The Morgan fingerprint density at radius 1 is 1.05 bits per heavy atom. The summed E-state index contributed by atoms with van der Waals surface area (Å²) < 4.78 is 30.8. The number of amides is 1. The van der Waals surface area contributed by atoms with E-state index in [2.05, 4.69) is 62.9 Å². The molecule has 0 bridgehead atoms. The Kier molecular flexibility index (Phi) is 12.7. The van der Waals surface area contributed by atoms with Crippen LogP contribution in [-0.4, -0.2) is 60.8 Å². The number of carbonyl (C=O) groups is 1. The molecule has 0 fully saturated rings. The highest BCUT2D eigenvalue weighted by Gasteiger charge is 2.32. The molecule has 4 heterocycles. The quantitative estimate of drug-likeness (QED) is 0.0916. The first-order valence-electron chi connectivity index (χ1n) is 19.9. The number of hydrogen-bond acceptors (Lipinski definition) is 6. The maximum absolute atomic E-state index is 16.5. The lowest BCUT2D eigenvalue weighted by Gasteiger charge is -2.31. The summed E-state index contributed by atoms with van der Waals surface area (Å²) in [6, 6.07) is 11.6. The number of nitrogens with zero attached hydrogens (tertiary/aromatic N) is 5. The molecule has 1 aliphatic rings. The number of aromatic nitrogens is 5. The van der Waals surface area contributed by atoms with Gasteiger partial charge in [0.1, 0.15) is 29.3 Å². The van der Waals surface area contributed by atoms with E-state index in [4.69, 9.17) is 9.47 Å². The number of imidazole rings is 2. The fourth-order valence-electron chi connectivity index (χ4n) is 7.14. The van der Waals surface area contributed by atoms with Crippen molar-refractivity contribution in [3.8, 4) is 39.5 Å². The van der Waals surface area contributed by atoms with Gasteiger partial charge in [0.25, 0.3) is 5.91 Å². The molecule has 0 radical (unpaired) electrons. The van der Waals surface area contributed by atoms with Crippen molar-refractivity contribution in [2.45, 2.75) is 106 Å². The topological polar surface area (TPSA) is 113 Å². The van der Waals surface area contributed by atoms with E-state index in [1.807, 2.05) is 63.1 Å². The maximum Gasteiger partial charge on any atom is 0.252 e. The molecule has 3 aromatic heterocycles. The average molecular weight is 762 g/mol. The van der Waals surface area contributed by atoms with Crippen LogP contribution in [0.25, 0.3) is 50.2 Å². The molecule has 2 atom stereocenters. The SMILES string of the molecule is C=C(CCCC)c1ncc(-c2cc(F)c3c(c2)OC(/C(C)=C/N=C(C)CC)n2c-3cc3cc(-c4cnc(CN(CCCC)C(=O)C(OC)C(C)C)[nH]4)ccc32)[nH]1. The highest BCUT2D eigenvalue weighted by molar-refractivity contribution is 5.92. The number of allylic oxidation sites excluding steroid dienone is 1. The normalized spacial score (nSPS) is 14.9. The highest BCUT2D eigenvalue weighted by atomic mass is 19.1. The first-order chi connectivity index (χ1) is 27.0. The number of unbranched alkanes of at least 4 members (excludes halogenated alkanes) is 2. The second-order valence-corrected chi connectivity index (χ2v) is 15.2. The summed E-state index contributed by atoms with van der Waals surface area (Å²) >= 11 is 0. The molecule has 2 unspecified atom stereocenters. The zero-order valence-corrected chi connectivity index (χ0v) is 34.1. The summed E-state index contributed by atoms with van der Waals surface area (Å²) in [6.45, 7) is 19.5. The fourth-order valence-corrected chi connectivity index (χ4v) is 7.14. The predicted octanol–water partition coefficient (Wildman–Crippen LogP) is 10.9. The van der Waals surface area contributed by atoms with Gasteiger partial charge in [-0.3, -0.25) is 9.79 Å². The lowest BCUT2D eigenvalue weighted by Crippen LogP contribution is -2.42. The summed E-state index contributed by atoms with van der Waals surface area (Å²) in [4.78, 5) is 36.0. The van der Waals surface area contributed by atoms with Crippen molar-refractivity contribution in [2.75, 3.05) is 13.7 Å². The lowest BCUT2D eigenvalue weighted by molar-refractivity contribution is -0.145. The second kappa shape index (κ2) is 17.7. The minimum atomic E-state index is -0.567. The number of H-pyrrole nitrogens is 2. The van der Waals surface area contributed by atoms with Gasteiger partial charge in [0.15, 0.2) is 0 Å². The molecule has 1 amide bonds. The monoisotopic (exact) mass is 761 g/mol. The third-order valence-electron chi connectivity index (χ3n) is 10.5. The van der Waals surface area contributed by atoms with Crippen LogP contribution in [0.2, 0.25) is 0 Å². The largest absolute Gasteiger partial charge is 0.465 e. The molecule has 0 spiro atoms. The average Bonchev–Trinajstić information content (AvgIpc) is 3.96. The third kappa shape index (κ3) is 8.43. The minimum Gasteiger partial charge on any atom is -0.465 e. The van der Waals surface area contributed by atoms with Gasteiger partial charge in [-0.05, 0) is 81.4 Å². The molecule has 1 aliphatic heterocycles. The van der Waals surface area contributed by atoms with Crippen LogP contribution in [0.4, 0.5) is 4.39 Å². The molecule has 0 saturated carbocycles. The van der Waals surface area contributed by atoms with Crippen LogP contribution >= 0.6 is 0 Å². The van der Waals surface area contributed by atoms with Crippen LogP contribution in [0.15, 0.2) is 72.1 Å². The summed E-state index contributed by atoms with van der Waals surface area (Å²) in [6.07, 6.45) is 9.92. The second-order valence-electron chi connectivity index (χ2n) is 15.2. The van der Waals surface area contributed by atoms with Gasteiger partial charge in [0, 0.05) is 47.7 Å². The van der Waals surface area contributed by atoms with Crippen LogP contribution < -0.4 is 4.74 Å². The first kappa shape index (κ1) is 40.4. The Bertz CT molecular complexity index is 2260. The molecule has 2 N–H and O–H groups in total. The van der Waals surface area contributed by atoms with Gasteiger partial charge in [-0.1, -0.05) is 60.1 Å². The third-order valence-corrected chi connectivity index (χ3v) is 10.5. The minimum absolute atomic E-state index is 0.0337. The Labute approximate surface area is 330 Å². The number of benzene rings is 2. The molecule has 11 heteroatoms. The maximum atomic E-state index is 16.5. The van der Waals surface area contributed by atoms with E-state index in [0.29, 0.717) is 53.0 Å². The summed E-state index contributed by atoms with van der Waals surface area (Å²) in [5.41, 5.74) is 7.88. The summed E-state index contributed by atoms with van der Waals surface area (Å²) in [5.74, 6) is 1.47. The van der Waals surface area contributed by atoms with Crippen LogP contribution in [0.3, 0.4) is 0 Å². The van der Waals surface area contributed by atoms with Gasteiger partial charge < -0.3 is 28.9 Å². The van der Waals surface area contributed by atoms with Crippen molar-refractivity contribution in [1.82, 2.24) is 29.4 Å². The number of carbonyl (C=O) groups excluding carboxylic acids is 1. The van der Waals surface area contributed by atoms with Crippen LogP contribution in [-0.2, 0) is 16.1 Å². The van der Waals surface area contributed by atoms with Crippen molar-refractivity contribution in [3.63, 3.8) is 0 Å². The van der Waals surface area contributed by atoms with Gasteiger partial charge >= 0.3 is 0 Å². The molecule has 10 nitrogen and oxygen atoms in total. The van der Waals surface area contributed by atoms with Crippen LogP contribution in [0, 0.1) is 11.7 Å². The van der Waals surface area contributed by atoms with E-state index >= 15 is 4.39 Å². The summed E-state index contributed by atoms with van der Waals surface area (Å²) in [7, 11) is 1.59. The number of nitrogens with one attached hydrogen (secondary N) is 2. The van der Waals surface area contributed by atoms with Crippen LogP contribution in [0.1, 0.15) is 105 Å². The molecule has 6 rings (SSSR count). The van der Waals surface area contributed by atoms with Crippen molar-refractivity contribution in [1.29, 1.82) is 0 Å². The molecular weight excluding hydrogens is 706 g/mol. The van der Waals surface area contributed by atoms with E-state index in [-0.39, 0.29) is 11.8 Å². The van der Waals surface area contributed by atoms with Crippen molar-refractivity contribution < 1.29 is 18.7 Å². The number of hydrogen-bond donors (Lipinski definition) is 2. The molecule has 5 aromatic rings. The van der Waals surface area contributed by atoms with Crippen molar-refractivity contribution in [3.05, 3.63) is 84.6 Å². The van der Waals surface area contributed by atoms with Crippen LogP contribution in [0.5, 0.6) is 5.75 Å². The number of aliphatic imine (C=N–C) groups is 1. The highest BCUT2D eigenvalue weighted by Crippen LogP contribution is 2.47. The smallest absolute Gasteiger partial charge is 0.252 e. The van der Waals surface area contributed by atoms with Gasteiger partial charge in [-0.2, -0.15) is 0 Å². The number of rotatable bonds is 17. The molecule has 296 valence electrons. The lowest BCUT2D eigenvalue weighted by atomic mass is 10.0. The Morgan fingerprint density at radius 3 is 2.52 bits per heavy atom. The molecule has 2 aromatic carbocycles. The Balaban J connectivity index is 1.38. The number of aromatic amines is 2.